The van der Waals surface area contributed by atoms with Crippen LogP contribution in [0, 0.1) is 0 Å². The summed E-state index contributed by atoms with van der Waals surface area (Å²) in [5, 5.41) is 5.61. The van der Waals surface area contributed by atoms with Gasteiger partial charge in [-0.1, -0.05) is 54.1 Å². The minimum absolute atomic E-state index is 0.0605. The van der Waals surface area contributed by atoms with Gasteiger partial charge in [-0.2, -0.15) is 0 Å². The highest BCUT2D eigenvalue weighted by molar-refractivity contribution is 7.10. The molecule has 0 aliphatic carbocycles. The van der Waals surface area contributed by atoms with Crippen molar-refractivity contribution in [3.8, 4) is 5.75 Å². The molecule has 0 fully saturated rings. The lowest BCUT2D eigenvalue weighted by molar-refractivity contribution is -0.123. The summed E-state index contributed by atoms with van der Waals surface area (Å²) in [4.78, 5) is 13.4. The number of ether oxygens (including phenoxy) is 1. The first kappa shape index (κ1) is 16.6. The van der Waals surface area contributed by atoms with E-state index in [1.165, 1.54) is 0 Å². The molecule has 2 aromatic carbocycles. The van der Waals surface area contributed by atoms with E-state index in [0.717, 1.165) is 10.4 Å². The van der Waals surface area contributed by atoms with Gasteiger partial charge in [-0.05, 0) is 35.2 Å². The third kappa shape index (κ3) is 4.37. The quantitative estimate of drug-likeness (QED) is 0.695. The molecule has 3 nitrogen and oxygen atoms in total. The fraction of sp³-hybridized carbons (Fsp3) is 0.105. The van der Waals surface area contributed by atoms with Crippen molar-refractivity contribution in [1.29, 1.82) is 0 Å². The number of carbonyl (C=O) groups excluding carboxylic acids is 1. The maximum Gasteiger partial charge on any atom is 0.258 e. The monoisotopic (exact) mass is 357 g/mol. The van der Waals surface area contributed by atoms with Crippen molar-refractivity contribution in [2.45, 2.75) is 6.04 Å². The summed E-state index contributed by atoms with van der Waals surface area (Å²) < 4.78 is 5.51. The fourth-order valence-corrected chi connectivity index (χ4v) is 3.31. The number of hydrogen-bond acceptors (Lipinski definition) is 3. The van der Waals surface area contributed by atoms with Crippen LogP contribution >= 0.6 is 22.9 Å². The zero-order valence-electron chi connectivity index (χ0n) is 12.8. The first-order chi connectivity index (χ1) is 11.7. The average Bonchev–Trinajstić information content (AvgIpc) is 3.13. The topological polar surface area (TPSA) is 38.3 Å². The summed E-state index contributed by atoms with van der Waals surface area (Å²) >= 11 is 7.52. The normalized spacial score (nSPS) is 11.7. The summed E-state index contributed by atoms with van der Waals surface area (Å²) in [5.41, 5.74) is 1.04. The van der Waals surface area contributed by atoms with Crippen LogP contribution in [0.25, 0.3) is 0 Å². The molecule has 0 aliphatic rings. The van der Waals surface area contributed by atoms with Crippen molar-refractivity contribution >= 4 is 28.8 Å². The van der Waals surface area contributed by atoms with E-state index in [0.29, 0.717) is 10.8 Å². The molecule has 5 heteroatoms. The van der Waals surface area contributed by atoms with Crippen LogP contribution in [-0.2, 0) is 4.79 Å². The second-order valence-corrected chi connectivity index (χ2v) is 6.59. The zero-order valence-corrected chi connectivity index (χ0v) is 14.4. The van der Waals surface area contributed by atoms with Gasteiger partial charge in [0.05, 0.1) is 6.04 Å². The van der Waals surface area contributed by atoms with Gasteiger partial charge in [0.1, 0.15) is 5.75 Å². The number of carbonyl (C=O) groups is 1. The third-order valence-electron chi connectivity index (χ3n) is 3.43. The Balaban J connectivity index is 1.68. The van der Waals surface area contributed by atoms with Gasteiger partial charge < -0.3 is 10.1 Å². The van der Waals surface area contributed by atoms with Crippen molar-refractivity contribution in [2.24, 2.45) is 0 Å². The van der Waals surface area contributed by atoms with Gasteiger partial charge in [-0.15, -0.1) is 11.3 Å². The van der Waals surface area contributed by atoms with Crippen LogP contribution in [0.3, 0.4) is 0 Å². The van der Waals surface area contributed by atoms with Crippen LogP contribution < -0.4 is 10.1 Å². The molecule has 3 aromatic rings. The maximum absolute atomic E-state index is 12.3. The van der Waals surface area contributed by atoms with E-state index in [1.54, 1.807) is 35.6 Å². The molecule has 0 saturated heterocycles. The molecular weight excluding hydrogens is 342 g/mol. The van der Waals surface area contributed by atoms with Crippen molar-refractivity contribution in [3.63, 3.8) is 0 Å². The van der Waals surface area contributed by atoms with Crippen molar-refractivity contribution in [1.82, 2.24) is 5.32 Å². The van der Waals surface area contributed by atoms with E-state index in [9.17, 15) is 4.79 Å². The Labute approximate surface area is 149 Å². The predicted molar refractivity (Wildman–Crippen MR) is 97.7 cm³/mol. The summed E-state index contributed by atoms with van der Waals surface area (Å²) in [6.45, 7) is -0.0605. The van der Waals surface area contributed by atoms with Crippen LogP contribution in [0.5, 0.6) is 5.75 Å². The summed E-state index contributed by atoms with van der Waals surface area (Å²) in [5.74, 6) is 0.391. The van der Waals surface area contributed by atoms with Crippen LogP contribution in [0.2, 0.25) is 5.02 Å². The molecule has 0 unspecified atom stereocenters. The molecule has 122 valence electrons. The van der Waals surface area contributed by atoms with E-state index in [2.05, 4.69) is 5.32 Å². The molecule has 3 rings (SSSR count). The second-order valence-electron chi connectivity index (χ2n) is 5.17. The lowest BCUT2D eigenvalue weighted by atomic mass is 10.1. The van der Waals surface area contributed by atoms with Crippen molar-refractivity contribution < 1.29 is 9.53 Å². The Hall–Kier alpha value is -2.30. The standard InChI is InChI=1S/C19H16ClNO2S/c20-15-8-4-9-16(12-15)23-13-18(22)21-19(17-10-5-11-24-17)14-6-2-1-3-7-14/h1-12,19H,13H2,(H,21,22)/t19-/m0/s1. The Morgan fingerprint density at radius 2 is 1.92 bits per heavy atom. The van der Waals surface area contributed by atoms with Crippen LogP contribution in [0.1, 0.15) is 16.5 Å². The molecule has 1 atom stereocenters. The minimum Gasteiger partial charge on any atom is -0.484 e. The van der Waals surface area contributed by atoms with E-state index in [-0.39, 0.29) is 18.6 Å². The maximum atomic E-state index is 12.3. The van der Waals surface area contributed by atoms with Gasteiger partial charge in [0, 0.05) is 9.90 Å². The summed E-state index contributed by atoms with van der Waals surface area (Å²) in [6.07, 6.45) is 0. The van der Waals surface area contributed by atoms with Gasteiger partial charge in [-0.25, -0.2) is 0 Å². The average molecular weight is 358 g/mol. The Morgan fingerprint density at radius 1 is 1.08 bits per heavy atom. The van der Waals surface area contributed by atoms with Gasteiger partial charge in [-0.3, -0.25) is 4.79 Å². The molecular formula is C19H16ClNO2S. The smallest absolute Gasteiger partial charge is 0.258 e. The number of nitrogens with one attached hydrogen (secondary N) is 1. The number of halogens is 1. The molecule has 0 aliphatic heterocycles. The second kappa shape index (κ2) is 7.99. The number of amides is 1. The highest BCUT2D eigenvalue weighted by Crippen LogP contribution is 2.26. The van der Waals surface area contributed by atoms with Gasteiger partial charge in [0.25, 0.3) is 5.91 Å². The number of benzene rings is 2. The lowest BCUT2D eigenvalue weighted by Gasteiger charge is -2.18. The van der Waals surface area contributed by atoms with Gasteiger partial charge in [0.15, 0.2) is 6.61 Å². The largest absolute Gasteiger partial charge is 0.484 e. The molecule has 0 radical (unpaired) electrons. The number of hydrogen-bond donors (Lipinski definition) is 1. The fourth-order valence-electron chi connectivity index (χ4n) is 2.33. The van der Waals surface area contributed by atoms with Crippen LogP contribution in [-0.4, -0.2) is 12.5 Å². The van der Waals surface area contributed by atoms with E-state index < -0.39 is 0 Å². The van der Waals surface area contributed by atoms with Crippen molar-refractivity contribution in [2.75, 3.05) is 6.61 Å². The third-order valence-corrected chi connectivity index (χ3v) is 4.60. The number of rotatable bonds is 6. The lowest BCUT2D eigenvalue weighted by Crippen LogP contribution is -2.32. The molecule has 0 bridgehead atoms. The number of thiophene rings is 1. The first-order valence-electron chi connectivity index (χ1n) is 7.48. The summed E-state index contributed by atoms with van der Waals surface area (Å²) in [7, 11) is 0. The Bertz CT molecular complexity index is 790. The SMILES string of the molecule is O=C(COc1cccc(Cl)c1)N[C@@H](c1ccccc1)c1cccs1. The highest BCUT2D eigenvalue weighted by atomic mass is 35.5. The first-order valence-corrected chi connectivity index (χ1v) is 8.74. The van der Waals surface area contributed by atoms with Crippen LogP contribution in [0.15, 0.2) is 72.1 Å². The van der Waals surface area contributed by atoms with E-state index in [4.69, 9.17) is 16.3 Å². The van der Waals surface area contributed by atoms with Gasteiger partial charge >= 0.3 is 0 Å². The molecule has 1 aromatic heterocycles. The molecule has 24 heavy (non-hydrogen) atoms. The minimum atomic E-state index is -0.183. The van der Waals surface area contributed by atoms with E-state index >= 15 is 0 Å². The Morgan fingerprint density at radius 3 is 2.62 bits per heavy atom. The predicted octanol–water partition coefficient (Wildman–Crippen LogP) is 4.69. The molecule has 1 heterocycles. The van der Waals surface area contributed by atoms with E-state index in [1.807, 2.05) is 47.8 Å². The molecule has 0 spiro atoms. The highest BCUT2D eigenvalue weighted by Gasteiger charge is 2.17. The Kier molecular flexibility index (Phi) is 5.51. The zero-order chi connectivity index (χ0) is 16.8. The summed E-state index contributed by atoms with van der Waals surface area (Å²) in [6, 6.07) is 20.7. The van der Waals surface area contributed by atoms with Crippen LogP contribution in [0.4, 0.5) is 0 Å². The molecule has 1 amide bonds. The van der Waals surface area contributed by atoms with Crippen molar-refractivity contribution in [3.05, 3.63) is 87.6 Å². The van der Waals surface area contributed by atoms with Gasteiger partial charge in [0.2, 0.25) is 0 Å². The molecule has 1 N–H and O–H groups in total. The molecule has 0 saturated carbocycles.